The van der Waals surface area contributed by atoms with Crippen molar-refractivity contribution in [1.29, 1.82) is 0 Å². The van der Waals surface area contributed by atoms with Gasteiger partial charge in [-0.25, -0.2) is 4.57 Å². The maximum absolute atomic E-state index is 12.4. The summed E-state index contributed by atoms with van der Waals surface area (Å²) in [4.78, 5) is 22.3. The lowest BCUT2D eigenvalue weighted by Gasteiger charge is -2.19. The molecule has 0 aliphatic rings. The second-order valence-electron chi connectivity index (χ2n) is 16.0. The number of rotatable bonds is 46. The Morgan fingerprint density at radius 1 is 0.536 bits per heavy atom. The lowest BCUT2D eigenvalue weighted by molar-refractivity contribution is -0.147. The SMILES string of the molecule is CCCCCCC=CCCCCCCCCC=CO[C@H](COC(=O)CCCCCCCCCCCCCCCCCCCCCCC)COP(=O)(O)OCCN. The van der Waals surface area contributed by atoms with E-state index in [1.165, 1.54) is 186 Å². The standard InChI is InChI=1S/C47H92NO7P/c1-3-5-7-9-11-13-15-17-19-21-22-23-24-25-26-28-30-32-34-36-38-40-47(49)53-44-46(45-55-56(50,51)54-43-41-48)52-42-39-37-35-33-31-29-27-20-18-16-14-12-10-8-6-4-2/h14,16,39,42,46H,3-13,15,17-38,40-41,43-45,48H2,1-2H3,(H,50,51)/t46-/m1/s1. The number of hydrogen-bond donors (Lipinski definition) is 2. The fourth-order valence-electron chi connectivity index (χ4n) is 6.86. The van der Waals surface area contributed by atoms with Gasteiger partial charge >= 0.3 is 13.8 Å². The normalized spacial score (nSPS) is 13.5. The van der Waals surface area contributed by atoms with Gasteiger partial charge < -0.3 is 20.1 Å². The summed E-state index contributed by atoms with van der Waals surface area (Å²) in [5, 5.41) is 0. The Bertz CT molecular complexity index is 915. The highest BCUT2D eigenvalue weighted by molar-refractivity contribution is 7.47. The van der Waals surface area contributed by atoms with Crippen LogP contribution in [0.15, 0.2) is 24.5 Å². The Morgan fingerprint density at radius 2 is 0.911 bits per heavy atom. The van der Waals surface area contributed by atoms with Crippen LogP contribution in [-0.4, -0.2) is 43.3 Å². The summed E-state index contributed by atoms with van der Waals surface area (Å²) in [5.74, 6) is -0.287. The van der Waals surface area contributed by atoms with Gasteiger partial charge in [-0.3, -0.25) is 13.8 Å². The molecular formula is C47H92NO7P. The molecule has 9 heteroatoms. The summed E-state index contributed by atoms with van der Waals surface area (Å²) in [5.41, 5.74) is 5.37. The minimum atomic E-state index is -4.27. The molecule has 0 spiro atoms. The molecule has 0 aliphatic carbocycles. The van der Waals surface area contributed by atoms with Crippen molar-refractivity contribution < 1.29 is 32.8 Å². The van der Waals surface area contributed by atoms with E-state index in [9.17, 15) is 14.3 Å². The van der Waals surface area contributed by atoms with Gasteiger partial charge in [0.15, 0.2) is 6.10 Å². The van der Waals surface area contributed by atoms with Crippen LogP contribution < -0.4 is 5.73 Å². The summed E-state index contributed by atoms with van der Waals surface area (Å²) in [7, 11) is -4.27. The quantitative estimate of drug-likeness (QED) is 0.0205. The zero-order chi connectivity index (χ0) is 40.9. The maximum atomic E-state index is 12.4. The van der Waals surface area contributed by atoms with E-state index in [1.54, 1.807) is 6.26 Å². The topological polar surface area (TPSA) is 117 Å². The molecular weight excluding hydrogens is 721 g/mol. The number of nitrogens with two attached hydrogens (primary N) is 1. The third kappa shape index (κ3) is 43.9. The number of esters is 1. The van der Waals surface area contributed by atoms with E-state index in [0.717, 1.165) is 32.1 Å². The number of hydrogen-bond acceptors (Lipinski definition) is 7. The van der Waals surface area contributed by atoms with Crippen molar-refractivity contribution in [3.8, 4) is 0 Å². The van der Waals surface area contributed by atoms with Gasteiger partial charge in [0.05, 0.1) is 19.5 Å². The van der Waals surface area contributed by atoms with Crippen LogP contribution in [0.1, 0.15) is 239 Å². The first-order valence-corrected chi connectivity index (χ1v) is 25.4. The highest BCUT2D eigenvalue weighted by atomic mass is 31.2. The highest BCUT2D eigenvalue weighted by Crippen LogP contribution is 2.43. The average Bonchev–Trinajstić information content (AvgIpc) is 3.19. The minimum Gasteiger partial charge on any atom is -0.492 e. The molecule has 8 nitrogen and oxygen atoms in total. The van der Waals surface area contributed by atoms with E-state index in [-0.39, 0.29) is 32.3 Å². The average molecular weight is 814 g/mol. The van der Waals surface area contributed by atoms with Crippen LogP contribution in [0.3, 0.4) is 0 Å². The van der Waals surface area contributed by atoms with E-state index < -0.39 is 13.9 Å². The molecule has 56 heavy (non-hydrogen) atoms. The molecule has 0 aliphatic heterocycles. The Balaban J connectivity index is 3.96. The Labute approximate surface area is 346 Å². The fraction of sp³-hybridized carbons (Fsp3) is 0.894. The largest absolute Gasteiger partial charge is 0.492 e. The molecule has 3 N–H and O–H groups in total. The summed E-state index contributed by atoms with van der Waals surface area (Å²) in [6.45, 7) is 4.24. The van der Waals surface area contributed by atoms with Gasteiger partial charge in [-0.1, -0.05) is 199 Å². The molecule has 0 rings (SSSR count). The third-order valence-electron chi connectivity index (χ3n) is 10.5. The van der Waals surface area contributed by atoms with Crippen LogP contribution in [0.25, 0.3) is 0 Å². The molecule has 0 aromatic carbocycles. The van der Waals surface area contributed by atoms with Gasteiger partial charge in [0.1, 0.15) is 6.61 Å². The first-order chi connectivity index (χ1) is 27.4. The van der Waals surface area contributed by atoms with Crippen molar-refractivity contribution in [3.63, 3.8) is 0 Å². The summed E-state index contributed by atoms with van der Waals surface area (Å²) >= 11 is 0. The molecule has 0 amide bonds. The molecule has 0 fully saturated rings. The van der Waals surface area contributed by atoms with Crippen LogP contribution in [-0.2, 0) is 27.9 Å². The second kappa shape index (κ2) is 44.9. The molecule has 1 unspecified atom stereocenters. The van der Waals surface area contributed by atoms with E-state index >= 15 is 0 Å². The number of ether oxygens (including phenoxy) is 2. The lowest BCUT2D eigenvalue weighted by atomic mass is 10.0. The number of carbonyl (C=O) groups excluding carboxylic acids is 1. The summed E-state index contributed by atoms with van der Waals surface area (Å²) in [6.07, 6.45) is 51.6. The number of carbonyl (C=O) groups is 1. The molecule has 332 valence electrons. The van der Waals surface area contributed by atoms with Crippen molar-refractivity contribution in [3.05, 3.63) is 24.5 Å². The summed E-state index contributed by atoms with van der Waals surface area (Å²) in [6, 6.07) is 0. The molecule has 0 aromatic heterocycles. The van der Waals surface area contributed by atoms with Crippen LogP contribution in [0, 0.1) is 0 Å². The van der Waals surface area contributed by atoms with Crippen LogP contribution >= 0.6 is 7.82 Å². The monoisotopic (exact) mass is 814 g/mol. The molecule has 0 radical (unpaired) electrons. The van der Waals surface area contributed by atoms with Gasteiger partial charge in [-0.2, -0.15) is 0 Å². The molecule has 0 saturated carbocycles. The lowest BCUT2D eigenvalue weighted by Crippen LogP contribution is -2.25. The predicted octanol–water partition coefficient (Wildman–Crippen LogP) is 14.8. The number of phosphoric acid groups is 1. The van der Waals surface area contributed by atoms with E-state index in [1.807, 2.05) is 6.08 Å². The molecule has 0 aromatic rings. The Morgan fingerprint density at radius 3 is 1.34 bits per heavy atom. The maximum Gasteiger partial charge on any atom is 0.472 e. The number of phosphoric ester groups is 1. The van der Waals surface area contributed by atoms with Crippen LogP contribution in [0.4, 0.5) is 0 Å². The number of allylic oxidation sites excluding steroid dienone is 3. The Hall–Kier alpha value is -1.18. The minimum absolute atomic E-state index is 0.0621. The van der Waals surface area contributed by atoms with Crippen LogP contribution in [0.5, 0.6) is 0 Å². The zero-order valence-corrected chi connectivity index (χ0v) is 37.8. The van der Waals surface area contributed by atoms with Crippen LogP contribution in [0.2, 0.25) is 0 Å². The third-order valence-corrected chi connectivity index (χ3v) is 11.4. The Kier molecular flexibility index (Phi) is 44.0. The van der Waals surface area contributed by atoms with Crippen molar-refractivity contribution in [2.24, 2.45) is 5.73 Å². The van der Waals surface area contributed by atoms with Crippen molar-refractivity contribution in [1.82, 2.24) is 0 Å². The van der Waals surface area contributed by atoms with Gasteiger partial charge in [-0.05, 0) is 51.0 Å². The first kappa shape index (κ1) is 54.8. The smallest absolute Gasteiger partial charge is 0.472 e. The van der Waals surface area contributed by atoms with Gasteiger partial charge in [0, 0.05) is 13.0 Å². The predicted molar refractivity (Wildman–Crippen MR) is 238 cm³/mol. The zero-order valence-electron chi connectivity index (χ0n) is 36.9. The summed E-state index contributed by atoms with van der Waals surface area (Å²) < 4.78 is 33.3. The first-order valence-electron chi connectivity index (χ1n) is 23.9. The molecule has 0 bridgehead atoms. The highest BCUT2D eigenvalue weighted by Gasteiger charge is 2.24. The van der Waals surface area contributed by atoms with Crippen molar-refractivity contribution >= 4 is 13.8 Å². The van der Waals surface area contributed by atoms with E-state index in [2.05, 4.69) is 26.0 Å². The fourth-order valence-corrected chi connectivity index (χ4v) is 7.62. The molecule has 0 saturated heterocycles. The molecule has 2 atom stereocenters. The van der Waals surface area contributed by atoms with Gasteiger partial charge in [0.25, 0.3) is 0 Å². The van der Waals surface area contributed by atoms with Crippen molar-refractivity contribution in [2.75, 3.05) is 26.4 Å². The second-order valence-corrected chi connectivity index (χ2v) is 17.5. The number of unbranched alkanes of at least 4 members (excludes halogenated alkanes) is 31. The molecule has 0 heterocycles. The van der Waals surface area contributed by atoms with E-state index in [4.69, 9.17) is 24.3 Å². The van der Waals surface area contributed by atoms with Gasteiger partial charge in [-0.15, -0.1) is 0 Å². The van der Waals surface area contributed by atoms with E-state index in [0.29, 0.717) is 6.42 Å². The van der Waals surface area contributed by atoms with Crippen molar-refractivity contribution in [2.45, 2.75) is 245 Å². The van der Waals surface area contributed by atoms with Gasteiger partial charge in [0.2, 0.25) is 0 Å².